The van der Waals surface area contributed by atoms with Crippen molar-refractivity contribution < 1.29 is 18.7 Å². The molecule has 1 N–H and O–H groups in total. The van der Waals surface area contributed by atoms with E-state index >= 15 is 0 Å². The number of furan rings is 1. The standard InChI is InChI=1S/C18H20N2O4/c21-17(20-14-7-2-1-3-8-14)16(13-6-4-10-19-12-13)24-18(22)15-9-5-11-23-15/h4-6,9-12,14,16H,1-3,7-8H2,(H,20,21)/t16-/m0/s1. The van der Waals surface area contributed by atoms with E-state index < -0.39 is 12.1 Å². The molecule has 0 radical (unpaired) electrons. The fraction of sp³-hybridized carbons (Fsp3) is 0.389. The lowest BCUT2D eigenvalue weighted by Gasteiger charge is -2.25. The molecule has 0 aliphatic heterocycles. The molecule has 1 aliphatic rings. The highest BCUT2D eigenvalue weighted by Crippen LogP contribution is 2.22. The van der Waals surface area contributed by atoms with Crippen LogP contribution in [0.5, 0.6) is 0 Å². The van der Waals surface area contributed by atoms with Gasteiger partial charge in [-0.1, -0.05) is 25.3 Å². The number of hydrogen-bond donors (Lipinski definition) is 1. The van der Waals surface area contributed by atoms with E-state index in [2.05, 4.69) is 10.3 Å². The summed E-state index contributed by atoms with van der Waals surface area (Å²) >= 11 is 0. The van der Waals surface area contributed by atoms with Gasteiger partial charge in [-0.05, 0) is 31.0 Å². The third-order valence-electron chi connectivity index (χ3n) is 4.12. The van der Waals surface area contributed by atoms with E-state index in [4.69, 9.17) is 9.15 Å². The van der Waals surface area contributed by atoms with Crippen LogP contribution in [0.15, 0.2) is 47.3 Å². The third kappa shape index (κ3) is 4.01. The molecule has 1 fully saturated rings. The van der Waals surface area contributed by atoms with Gasteiger partial charge in [-0.2, -0.15) is 0 Å². The van der Waals surface area contributed by atoms with E-state index in [1.807, 2.05) is 0 Å². The molecule has 0 aromatic carbocycles. The SMILES string of the molecule is O=C(O[C@H](C(=O)NC1CCCCC1)c1cccnc1)c1ccco1. The van der Waals surface area contributed by atoms with Crippen molar-refractivity contribution in [3.8, 4) is 0 Å². The topological polar surface area (TPSA) is 81.4 Å². The minimum Gasteiger partial charge on any atom is -0.457 e. The highest BCUT2D eigenvalue weighted by atomic mass is 16.6. The minimum absolute atomic E-state index is 0.0642. The highest BCUT2D eigenvalue weighted by molar-refractivity contribution is 5.90. The van der Waals surface area contributed by atoms with Crippen molar-refractivity contribution in [3.05, 3.63) is 54.2 Å². The van der Waals surface area contributed by atoms with Crippen molar-refractivity contribution in [3.63, 3.8) is 0 Å². The summed E-state index contributed by atoms with van der Waals surface area (Å²) in [5.41, 5.74) is 0.533. The minimum atomic E-state index is -1.04. The van der Waals surface area contributed by atoms with Gasteiger partial charge in [0.05, 0.1) is 6.26 Å². The molecule has 1 amide bonds. The number of nitrogens with zero attached hydrogens (tertiary/aromatic N) is 1. The number of aromatic nitrogens is 1. The fourth-order valence-corrected chi connectivity index (χ4v) is 2.89. The molecular weight excluding hydrogens is 308 g/mol. The predicted octanol–water partition coefficient (Wildman–Crippen LogP) is 3.02. The Balaban J connectivity index is 1.74. The van der Waals surface area contributed by atoms with Crippen LogP contribution in [-0.4, -0.2) is 22.9 Å². The number of amides is 1. The maximum atomic E-state index is 12.7. The van der Waals surface area contributed by atoms with Gasteiger partial charge < -0.3 is 14.5 Å². The second kappa shape index (κ2) is 7.77. The van der Waals surface area contributed by atoms with Crippen LogP contribution in [0.4, 0.5) is 0 Å². The highest BCUT2D eigenvalue weighted by Gasteiger charge is 2.29. The van der Waals surface area contributed by atoms with Crippen molar-refractivity contribution in [1.82, 2.24) is 10.3 Å². The van der Waals surface area contributed by atoms with Crippen LogP contribution in [0.3, 0.4) is 0 Å². The molecule has 0 spiro atoms. The van der Waals surface area contributed by atoms with Crippen LogP contribution in [-0.2, 0) is 9.53 Å². The number of ether oxygens (including phenoxy) is 1. The summed E-state index contributed by atoms with van der Waals surface area (Å²) in [6, 6.07) is 6.65. The molecule has 0 saturated heterocycles. The van der Waals surface area contributed by atoms with Gasteiger partial charge in [-0.15, -0.1) is 0 Å². The monoisotopic (exact) mass is 328 g/mol. The van der Waals surface area contributed by atoms with Gasteiger partial charge in [0.25, 0.3) is 5.91 Å². The zero-order chi connectivity index (χ0) is 16.8. The molecule has 2 aromatic heterocycles. The van der Waals surface area contributed by atoms with Crippen molar-refractivity contribution in [2.24, 2.45) is 0 Å². The van der Waals surface area contributed by atoms with Gasteiger partial charge in [-0.25, -0.2) is 4.79 Å². The molecule has 24 heavy (non-hydrogen) atoms. The van der Waals surface area contributed by atoms with Crippen LogP contribution in [0.2, 0.25) is 0 Å². The lowest BCUT2D eigenvalue weighted by molar-refractivity contribution is -0.131. The number of nitrogens with one attached hydrogen (secondary N) is 1. The summed E-state index contributed by atoms with van der Waals surface area (Å²) in [7, 11) is 0. The Hall–Kier alpha value is -2.63. The van der Waals surface area contributed by atoms with Gasteiger partial charge in [0.15, 0.2) is 0 Å². The molecule has 2 heterocycles. The van der Waals surface area contributed by atoms with E-state index in [-0.39, 0.29) is 17.7 Å². The maximum Gasteiger partial charge on any atom is 0.375 e. The Morgan fingerprint density at radius 3 is 2.71 bits per heavy atom. The maximum absolute atomic E-state index is 12.7. The van der Waals surface area contributed by atoms with Crippen molar-refractivity contribution >= 4 is 11.9 Å². The Labute approximate surface area is 140 Å². The van der Waals surface area contributed by atoms with Gasteiger partial charge in [0, 0.05) is 24.0 Å². The molecule has 126 valence electrons. The van der Waals surface area contributed by atoms with Crippen molar-refractivity contribution in [2.75, 3.05) is 0 Å². The van der Waals surface area contributed by atoms with E-state index in [0.29, 0.717) is 5.56 Å². The second-order valence-corrected chi connectivity index (χ2v) is 5.89. The largest absolute Gasteiger partial charge is 0.457 e. The lowest BCUT2D eigenvalue weighted by Crippen LogP contribution is -2.40. The first-order valence-corrected chi connectivity index (χ1v) is 8.19. The van der Waals surface area contributed by atoms with E-state index in [9.17, 15) is 9.59 Å². The quantitative estimate of drug-likeness (QED) is 0.853. The summed E-state index contributed by atoms with van der Waals surface area (Å²) in [5, 5.41) is 2.99. The molecule has 6 nitrogen and oxygen atoms in total. The number of esters is 1. The zero-order valence-corrected chi connectivity index (χ0v) is 13.3. The zero-order valence-electron chi connectivity index (χ0n) is 13.3. The Morgan fingerprint density at radius 1 is 1.21 bits per heavy atom. The van der Waals surface area contributed by atoms with E-state index in [1.165, 1.54) is 24.9 Å². The normalized spacial score (nSPS) is 16.3. The first-order chi connectivity index (χ1) is 11.7. The second-order valence-electron chi connectivity index (χ2n) is 5.89. The van der Waals surface area contributed by atoms with Gasteiger partial charge in [-0.3, -0.25) is 9.78 Å². The first-order valence-electron chi connectivity index (χ1n) is 8.19. The van der Waals surface area contributed by atoms with Crippen LogP contribution in [0, 0.1) is 0 Å². The predicted molar refractivity (Wildman–Crippen MR) is 86.1 cm³/mol. The third-order valence-corrected chi connectivity index (χ3v) is 4.12. The first kappa shape index (κ1) is 16.2. The number of pyridine rings is 1. The molecular formula is C18H20N2O4. The average molecular weight is 328 g/mol. The van der Waals surface area contributed by atoms with Crippen LogP contribution >= 0.6 is 0 Å². The molecule has 6 heteroatoms. The molecule has 1 aliphatic carbocycles. The van der Waals surface area contributed by atoms with E-state index in [1.54, 1.807) is 24.4 Å². The molecule has 3 rings (SSSR count). The van der Waals surface area contributed by atoms with Gasteiger partial charge >= 0.3 is 5.97 Å². The summed E-state index contributed by atoms with van der Waals surface area (Å²) in [4.78, 5) is 28.9. The fourth-order valence-electron chi connectivity index (χ4n) is 2.89. The Bertz CT molecular complexity index is 664. The smallest absolute Gasteiger partial charge is 0.375 e. The Morgan fingerprint density at radius 2 is 2.04 bits per heavy atom. The number of rotatable bonds is 5. The summed E-state index contributed by atoms with van der Waals surface area (Å²) in [6.07, 6.45) is 8.80. The molecule has 0 unspecified atom stereocenters. The number of carbonyl (C=O) groups excluding carboxylic acids is 2. The summed E-state index contributed by atoms with van der Waals surface area (Å²) < 4.78 is 10.4. The number of hydrogen-bond acceptors (Lipinski definition) is 5. The number of carbonyl (C=O) groups is 2. The van der Waals surface area contributed by atoms with Crippen LogP contribution < -0.4 is 5.32 Å². The molecule has 2 aromatic rings. The Kier molecular flexibility index (Phi) is 5.25. The molecule has 1 saturated carbocycles. The molecule has 0 bridgehead atoms. The average Bonchev–Trinajstić information content (AvgIpc) is 3.16. The van der Waals surface area contributed by atoms with Crippen LogP contribution in [0.1, 0.15) is 54.3 Å². The van der Waals surface area contributed by atoms with Crippen molar-refractivity contribution in [1.29, 1.82) is 0 Å². The van der Waals surface area contributed by atoms with Crippen molar-refractivity contribution in [2.45, 2.75) is 44.2 Å². The summed E-state index contributed by atoms with van der Waals surface area (Å²) in [6.45, 7) is 0. The lowest BCUT2D eigenvalue weighted by atomic mass is 9.95. The summed E-state index contributed by atoms with van der Waals surface area (Å²) in [5.74, 6) is -0.934. The molecule has 1 atom stereocenters. The van der Waals surface area contributed by atoms with E-state index in [0.717, 1.165) is 25.7 Å². The van der Waals surface area contributed by atoms with Gasteiger partial charge in [0.2, 0.25) is 11.9 Å². The van der Waals surface area contributed by atoms with Crippen LogP contribution in [0.25, 0.3) is 0 Å². The van der Waals surface area contributed by atoms with Gasteiger partial charge in [0.1, 0.15) is 0 Å².